The van der Waals surface area contributed by atoms with E-state index in [0.717, 1.165) is 5.56 Å². The first-order valence-electron chi connectivity index (χ1n) is 9.80. The van der Waals surface area contributed by atoms with Crippen LogP contribution in [0.5, 0.6) is 0 Å². The average Bonchev–Trinajstić information content (AvgIpc) is 3.19. The van der Waals surface area contributed by atoms with Crippen molar-refractivity contribution >= 4 is 33.7 Å². The van der Waals surface area contributed by atoms with Crippen molar-refractivity contribution in [3.63, 3.8) is 0 Å². The van der Waals surface area contributed by atoms with Crippen molar-refractivity contribution in [2.75, 3.05) is 6.54 Å². The highest BCUT2D eigenvalue weighted by molar-refractivity contribution is 7.89. The number of hydrogen-bond donors (Lipinski definition) is 1. The largest absolute Gasteiger partial charge is 0.271 e. The zero-order valence-electron chi connectivity index (χ0n) is 17.3. The standard InChI is InChI=1S/C22H26ClN3O3S/c1-22(2,3)17-8-6-16(7-9-17)15-24-25-21(27)20-5-4-14-26(20)30(28,29)19-12-10-18(23)11-13-19/h6-13,15,20H,4-5,14H2,1-3H3,(H,25,27)/b24-15-/t20-/m1/s1. The van der Waals surface area contributed by atoms with Gasteiger partial charge in [-0.15, -0.1) is 0 Å². The molecule has 1 N–H and O–H groups in total. The number of benzene rings is 2. The minimum atomic E-state index is -3.78. The van der Waals surface area contributed by atoms with Gasteiger partial charge in [0.2, 0.25) is 10.0 Å². The molecule has 1 fully saturated rings. The van der Waals surface area contributed by atoms with Gasteiger partial charge < -0.3 is 0 Å². The third kappa shape index (κ3) is 5.09. The summed E-state index contributed by atoms with van der Waals surface area (Å²) >= 11 is 5.85. The normalized spacial score (nSPS) is 18.1. The van der Waals surface area contributed by atoms with Crippen LogP contribution < -0.4 is 5.43 Å². The molecule has 2 aromatic carbocycles. The van der Waals surface area contributed by atoms with Gasteiger partial charge in [0.05, 0.1) is 11.1 Å². The van der Waals surface area contributed by atoms with Crippen LogP contribution in [0.25, 0.3) is 0 Å². The molecule has 1 atom stereocenters. The van der Waals surface area contributed by atoms with Gasteiger partial charge in [-0.25, -0.2) is 13.8 Å². The molecule has 0 unspecified atom stereocenters. The van der Waals surface area contributed by atoms with E-state index in [9.17, 15) is 13.2 Å². The molecular weight excluding hydrogens is 422 g/mol. The van der Waals surface area contributed by atoms with Crippen LogP contribution in [0.3, 0.4) is 0 Å². The second-order valence-corrected chi connectivity index (χ2v) is 10.7. The van der Waals surface area contributed by atoms with Crippen LogP contribution >= 0.6 is 11.6 Å². The Hall–Kier alpha value is -2.22. The zero-order valence-corrected chi connectivity index (χ0v) is 18.9. The van der Waals surface area contributed by atoms with E-state index in [0.29, 0.717) is 24.4 Å². The maximum Gasteiger partial charge on any atom is 0.258 e. The van der Waals surface area contributed by atoms with Gasteiger partial charge >= 0.3 is 0 Å². The molecule has 0 spiro atoms. The lowest BCUT2D eigenvalue weighted by atomic mass is 9.87. The van der Waals surface area contributed by atoms with Crippen molar-refractivity contribution in [2.24, 2.45) is 5.10 Å². The second-order valence-electron chi connectivity index (χ2n) is 8.33. The van der Waals surface area contributed by atoms with Crippen molar-refractivity contribution in [3.8, 4) is 0 Å². The molecule has 160 valence electrons. The highest BCUT2D eigenvalue weighted by atomic mass is 35.5. The molecule has 2 aromatic rings. The van der Waals surface area contributed by atoms with Crippen molar-refractivity contribution in [1.29, 1.82) is 0 Å². The molecule has 0 saturated carbocycles. The maximum atomic E-state index is 12.9. The molecule has 3 rings (SSSR count). The zero-order chi connectivity index (χ0) is 21.9. The van der Waals surface area contributed by atoms with Crippen LogP contribution in [0.2, 0.25) is 5.02 Å². The summed E-state index contributed by atoms with van der Waals surface area (Å²) in [6.45, 7) is 6.71. The summed E-state index contributed by atoms with van der Waals surface area (Å²) in [6.07, 6.45) is 2.62. The Morgan fingerprint density at radius 3 is 2.37 bits per heavy atom. The Morgan fingerprint density at radius 1 is 1.13 bits per heavy atom. The van der Waals surface area contributed by atoms with Gasteiger partial charge in [-0.2, -0.15) is 9.41 Å². The number of nitrogens with zero attached hydrogens (tertiary/aromatic N) is 2. The van der Waals surface area contributed by atoms with E-state index in [1.807, 2.05) is 24.3 Å². The molecule has 1 amide bonds. The fourth-order valence-corrected chi connectivity index (χ4v) is 5.13. The molecule has 0 radical (unpaired) electrons. The van der Waals surface area contributed by atoms with Crippen LogP contribution in [0.4, 0.5) is 0 Å². The summed E-state index contributed by atoms with van der Waals surface area (Å²) in [5.41, 5.74) is 4.60. The van der Waals surface area contributed by atoms with Gasteiger partial charge in [0, 0.05) is 11.6 Å². The van der Waals surface area contributed by atoms with Gasteiger partial charge in [0.15, 0.2) is 0 Å². The Bertz CT molecular complexity index is 1030. The number of hydrazone groups is 1. The van der Waals surface area contributed by atoms with E-state index in [1.54, 1.807) is 6.21 Å². The van der Waals surface area contributed by atoms with Crippen LogP contribution in [0, 0.1) is 0 Å². The smallest absolute Gasteiger partial charge is 0.258 e. The molecule has 1 saturated heterocycles. The Balaban J connectivity index is 1.67. The molecule has 1 aliphatic heterocycles. The van der Waals surface area contributed by atoms with Crippen LogP contribution in [0.1, 0.15) is 44.7 Å². The fourth-order valence-electron chi connectivity index (χ4n) is 3.35. The summed E-state index contributed by atoms with van der Waals surface area (Å²) in [5.74, 6) is -0.437. The highest BCUT2D eigenvalue weighted by Gasteiger charge is 2.39. The number of amides is 1. The van der Waals surface area contributed by atoms with E-state index in [2.05, 4.69) is 31.3 Å². The van der Waals surface area contributed by atoms with Gasteiger partial charge in [-0.05, 0) is 53.6 Å². The van der Waals surface area contributed by atoms with Gasteiger partial charge in [0.1, 0.15) is 6.04 Å². The van der Waals surface area contributed by atoms with Crippen molar-refractivity contribution in [3.05, 3.63) is 64.7 Å². The number of halogens is 1. The summed E-state index contributed by atoms with van der Waals surface area (Å²) in [6, 6.07) is 13.1. The fraction of sp³-hybridized carbons (Fsp3) is 0.364. The number of sulfonamides is 1. The van der Waals surface area contributed by atoms with E-state index in [1.165, 1.54) is 34.1 Å². The number of hydrogen-bond acceptors (Lipinski definition) is 4. The lowest BCUT2D eigenvalue weighted by molar-refractivity contribution is -0.124. The van der Waals surface area contributed by atoms with E-state index in [4.69, 9.17) is 11.6 Å². The predicted molar refractivity (Wildman–Crippen MR) is 119 cm³/mol. The Morgan fingerprint density at radius 2 is 1.77 bits per heavy atom. The lowest BCUT2D eigenvalue weighted by Crippen LogP contribution is -2.44. The van der Waals surface area contributed by atoms with Crippen molar-refractivity contribution in [2.45, 2.75) is 50.0 Å². The number of carbonyl (C=O) groups excluding carboxylic acids is 1. The van der Waals surface area contributed by atoms with E-state index >= 15 is 0 Å². The van der Waals surface area contributed by atoms with Crippen molar-refractivity contribution < 1.29 is 13.2 Å². The summed E-state index contributed by atoms with van der Waals surface area (Å²) in [7, 11) is -3.78. The van der Waals surface area contributed by atoms with E-state index < -0.39 is 22.0 Å². The number of nitrogens with one attached hydrogen (secondary N) is 1. The third-order valence-electron chi connectivity index (χ3n) is 5.09. The maximum absolute atomic E-state index is 12.9. The Labute approximate surface area is 183 Å². The highest BCUT2D eigenvalue weighted by Crippen LogP contribution is 2.27. The third-order valence-corrected chi connectivity index (χ3v) is 7.27. The SMILES string of the molecule is CC(C)(C)c1ccc(/C=N\NC(=O)[C@H]2CCCN2S(=O)(=O)c2ccc(Cl)cc2)cc1. The molecule has 30 heavy (non-hydrogen) atoms. The van der Waals surface area contributed by atoms with Gasteiger partial charge in [-0.3, -0.25) is 4.79 Å². The minimum Gasteiger partial charge on any atom is -0.271 e. The number of rotatable bonds is 5. The monoisotopic (exact) mass is 447 g/mol. The summed E-state index contributed by atoms with van der Waals surface area (Å²) in [4.78, 5) is 12.7. The topological polar surface area (TPSA) is 78.8 Å². The van der Waals surface area contributed by atoms with E-state index in [-0.39, 0.29) is 10.3 Å². The molecule has 1 aliphatic rings. The molecule has 8 heteroatoms. The quantitative estimate of drug-likeness (QED) is 0.557. The molecular formula is C22H26ClN3O3S. The number of carbonyl (C=O) groups is 1. The molecule has 6 nitrogen and oxygen atoms in total. The first-order valence-corrected chi connectivity index (χ1v) is 11.6. The average molecular weight is 448 g/mol. The minimum absolute atomic E-state index is 0.0609. The molecule has 0 bridgehead atoms. The van der Waals surface area contributed by atoms with Crippen LogP contribution in [-0.4, -0.2) is 37.4 Å². The first kappa shape index (κ1) is 22.5. The predicted octanol–water partition coefficient (Wildman–Crippen LogP) is 3.94. The van der Waals surface area contributed by atoms with Crippen LogP contribution in [-0.2, 0) is 20.2 Å². The van der Waals surface area contributed by atoms with Gasteiger partial charge in [0.25, 0.3) is 5.91 Å². The second kappa shape index (κ2) is 8.88. The Kier molecular flexibility index (Phi) is 6.65. The first-order chi connectivity index (χ1) is 14.1. The molecule has 0 aromatic heterocycles. The lowest BCUT2D eigenvalue weighted by Gasteiger charge is -2.22. The molecule has 0 aliphatic carbocycles. The summed E-state index contributed by atoms with van der Waals surface area (Å²) < 4.78 is 27.1. The molecule has 1 heterocycles. The van der Waals surface area contributed by atoms with Crippen LogP contribution in [0.15, 0.2) is 58.5 Å². The van der Waals surface area contributed by atoms with Crippen molar-refractivity contribution in [1.82, 2.24) is 9.73 Å². The summed E-state index contributed by atoms with van der Waals surface area (Å²) in [5, 5.41) is 4.47. The van der Waals surface area contributed by atoms with Gasteiger partial charge in [-0.1, -0.05) is 56.6 Å².